The molecule has 0 saturated heterocycles. The fourth-order valence-corrected chi connectivity index (χ4v) is 4.60. The molecule has 0 aromatic heterocycles. The van der Waals surface area contributed by atoms with Crippen LogP contribution in [0.5, 0.6) is 17.2 Å². The summed E-state index contributed by atoms with van der Waals surface area (Å²) in [4.78, 5) is 26.1. The van der Waals surface area contributed by atoms with E-state index in [4.69, 9.17) is 37.4 Å². The van der Waals surface area contributed by atoms with Crippen LogP contribution in [-0.2, 0) is 16.0 Å². The highest BCUT2D eigenvalue weighted by molar-refractivity contribution is 9.10. The normalized spacial score (nSPS) is 12.4. The number of nitrogens with zero attached hydrogens (tertiary/aromatic N) is 1. The molecule has 0 saturated carbocycles. The molecule has 40 heavy (non-hydrogen) atoms. The molecule has 0 heterocycles. The van der Waals surface area contributed by atoms with Gasteiger partial charge in [0.15, 0.2) is 17.6 Å². The second-order valence-electron chi connectivity index (χ2n) is 8.70. The average molecular weight is 651 g/mol. The largest absolute Gasteiger partial charge is 0.493 e. The van der Waals surface area contributed by atoms with Gasteiger partial charge in [-0.3, -0.25) is 9.59 Å². The zero-order valence-corrected chi connectivity index (χ0v) is 25.3. The molecule has 0 unspecified atom stereocenters. The van der Waals surface area contributed by atoms with E-state index < -0.39 is 24.0 Å². The summed E-state index contributed by atoms with van der Waals surface area (Å²) in [5.41, 5.74) is 4.04. The summed E-state index contributed by atoms with van der Waals surface area (Å²) in [7, 11) is 1.55. The number of amides is 2. The highest BCUT2D eigenvalue weighted by atomic mass is 79.9. The summed E-state index contributed by atoms with van der Waals surface area (Å²) in [5, 5.41) is 7.57. The van der Waals surface area contributed by atoms with Crippen molar-refractivity contribution in [3.05, 3.63) is 86.3 Å². The molecule has 0 bridgehead atoms. The molecule has 2 atom stereocenters. The summed E-state index contributed by atoms with van der Waals surface area (Å²) >= 11 is 15.6. The first-order chi connectivity index (χ1) is 19.2. The van der Waals surface area contributed by atoms with Gasteiger partial charge in [0.05, 0.1) is 29.4 Å². The minimum atomic E-state index is -0.938. The van der Waals surface area contributed by atoms with Crippen molar-refractivity contribution < 1.29 is 23.8 Å². The lowest BCUT2D eigenvalue weighted by molar-refractivity contribution is -0.132. The number of methoxy groups -OCH3 is 1. The summed E-state index contributed by atoms with van der Waals surface area (Å²) in [5.74, 6) is 0.420. The number of rotatable bonds is 13. The number of carbonyl (C=O) groups is 2. The van der Waals surface area contributed by atoms with E-state index in [0.29, 0.717) is 38.9 Å². The minimum Gasteiger partial charge on any atom is -0.493 e. The van der Waals surface area contributed by atoms with E-state index in [2.05, 4.69) is 31.8 Å². The molecule has 3 rings (SSSR count). The smallest absolute Gasteiger partial charge is 0.262 e. The molecule has 0 fully saturated rings. The third-order valence-electron chi connectivity index (χ3n) is 5.57. The number of halogens is 3. The van der Waals surface area contributed by atoms with Crippen molar-refractivity contribution in [3.8, 4) is 17.2 Å². The number of hydrazone groups is 1. The molecule has 0 aliphatic heterocycles. The maximum absolute atomic E-state index is 13.1. The van der Waals surface area contributed by atoms with E-state index in [0.717, 1.165) is 12.0 Å². The lowest BCUT2D eigenvalue weighted by Gasteiger charge is -2.21. The van der Waals surface area contributed by atoms with Crippen LogP contribution in [0, 0.1) is 0 Å². The van der Waals surface area contributed by atoms with Crippen molar-refractivity contribution in [2.75, 3.05) is 13.7 Å². The summed E-state index contributed by atoms with van der Waals surface area (Å²) in [6.45, 7) is 4.12. The molecule has 2 N–H and O–H groups in total. The van der Waals surface area contributed by atoms with Gasteiger partial charge in [0, 0.05) is 11.4 Å². The van der Waals surface area contributed by atoms with Crippen molar-refractivity contribution in [2.45, 2.75) is 38.8 Å². The Morgan fingerprint density at radius 1 is 1.05 bits per heavy atom. The van der Waals surface area contributed by atoms with Crippen LogP contribution in [0.25, 0.3) is 0 Å². The second-order valence-corrected chi connectivity index (χ2v) is 10.4. The van der Waals surface area contributed by atoms with E-state index in [1.807, 2.05) is 37.3 Å². The fourth-order valence-electron chi connectivity index (χ4n) is 3.57. The van der Waals surface area contributed by atoms with Crippen LogP contribution in [0.15, 0.2) is 70.2 Å². The van der Waals surface area contributed by atoms with E-state index in [1.54, 1.807) is 38.3 Å². The SMILES string of the molecule is CCCOc1c(Br)cc(/C=N\NC(=O)[C@H](Cc2ccccc2)NC(=O)[C@@H](C)Oc2ccc(Cl)cc2Cl)cc1OC. The predicted octanol–water partition coefficient (Wildman–Crippen LogP) is 6.20. The van der Waals surface area contributed by atoms with E-state index in [1.165, 1.54) is 12.3 Å². The maximum Gasteiger partial charge on any atom is 0.262 e. The van der Waals surface area contributed by atoms with Gasteiger partial charge < -0.3 is 19.5 Å². The first-order valence-electron chi connectivity index (χ1n) is 12.5. The van der Waals surface area contributed by atoms with Gasteiger partial charge in [0.2, 0.25) is 0 Å². The van der Waals surface area contributed by atoms with Crippen LogP contribution >= 0.6 is 39.1 Å². The number of ether oxygens (including phenoxy) is 3. The lowest BCUT2D eigenvalue weighted by Crippen LogP contribution is -2.50. The van der Waals surface area contributed by atoms with Crippen molar-refractivity contribution >= 4 is 57.2 Å². The van der Waals surface area contributed by atoms with Crippen LogP contribution in [0.4, 0.5) is 0 Å². The number of benzene rings is 3. The first-order valence-corrected chi connectivity index (χ1v) is 14.1. The Morgan fingerprint density at radius 3 is 2.48 bits per heavy atom. The number of nitrogens with one attached hydrogen (secondary N) is 2. The van der Waals surface area contributed by atoms with Crippen molar-refractivity contribution in [2.24, 2.45) is 5.10 Å². The van der Waals surface area contributed by atoms with Crippen molar-refractivity contribution in [1.82, 2.24) is 10.7 Å². The molecule has 3 aromatic carbocycles. The lowest BCUT2D eigenvalue weighted by atomic mass is 10.1. The molecular weight excluding hydrogens is 621 g/mol. The summed E-state index contributed by atoms with van der Waals surface area (Å²) in [6.07, 6.45) is 1.63. The zero-order chi connectivity index (χ0) is 29.1. The number of hydrogen-bond acceptors (Lipinski definition) is 6. The van der Waals surface area contributed by atoms with Gasteiger partial charge in [-0.2, -0.15) is 5.10 Å². The second kappa shape index (κ2) is 15.5. The Kier molecular flexibility index (Phi) is 12.1. The monoisotopic (exact) mass is 649 g/mol. The maximum atomic E-state index is 13.1. The zero-order valence-electron chi connectivity index (χ0n) is 22.2. The standard InChI is InChI=1S/C29H30BrCl2N3O5/c1-4-12-39-27-22(30)13-20(15-26(27)38-3)17-33-35-29(37)24(14-19-8-6-5-7-9-19)34-28(36)18(2)40-25-11-10-21(31)16-23(25)32/h5-11,13,15-18,24H,4,12,14H2,1-3H3,(H,34,36)(H,35,37)/b33-17-/t18-,24+/m1/s1. The van der Waals surface area contributed by atoms with Crippen LogP contribution in [0.2, 0.25) is 10.0 Å². The van der Waals surface area contributed by atoms with Crippen LogP contribution < -0.4 is 25.0 Å². The number of hydrogen-bond donors (Lipinski definition) is 2. The van der Waals surface area contributed by atoms with Gasteiger partial charge in [-0.25, -0.2) is 5.43 Å². The number of carbonyl (C=O) groups excluding carboxylic acids is 2. The Morgan fingerprint density at radius 2 is 1.80 bits per heavy atom. The van der Waals surface area contributed by atoms with Crippen molar-refractivity contribution in [3.63, 3.8) is 0 Å². The molecule has 0 aliphatic carbocycles. The highest BCUT2D eigenvalue weighted by Gasteiger charge is 2.25. The van der Waals surface area contributed by atoms with Gasteiger partial charge in [-0.15, -0.1) is 0 Å². The summed E-state index contributed by atoms with van der Waals surface area (Å²) in [6, 6.07) is 16.7. The van der Waals surface area contributed by atoms with Gasteiger partial charge in [0.25, 0.3) is 11.8 Å². The van der Waals surface area contributed by atoms with Gasteiger partial charge in [-0.05, 0) is 70.7 Å². The van der Waals surface area contributed by atoms with Crippen LogP contribution in [0.1, 0.15) is 31.4 Å². The third kappa shape index (κ3) is 9.15. The first kappa shape index (κ1) is 31.3. The summed E-state index contributed by atoms with van der Waals surface area (Å²) < 4.78 is 17.6. The Labute approximate surface area is 252 Å². The molecule has 0 spiro atoms. The molecule has 11 heteroatoms. The molecule has 3 aromatic rings. The highest BCUT2D eigenvalue weighted by Crippen LogP contribution is 2.36. The van der Waals surface area contributed by atoms with Crippen molar-refractivity contribution in [1.29, 1.82) is 0 Å². The van der Waals surface area contributed by atoms with Gasteiger partial charge in [0.1, 0.15) is 11.8 Å². The minimum absolute atomic E-state index is 0.241. The van der Waals surface area contributed by atoms with Gasteiger partial charge >= 0.3 is 0 Å². The molecule has 0 radical (unpaired) electrons. The quantitative estimate of drug-likeness (QED) is 0.170. The third-order valence-corrected chi connectivity index (χ3v) is 6.69. The predicted molar refractivity (Wildman–Crippen MR) is 161 cm³/mol. The molecule has 0 aliphatic rings. The molecule has 8 nitrogen and oxygen atoms in total. The van der Waals surface area contributed by atoms with Crippen LogP contribution in [-0.4, -0.2) is 43.9 Å². The Balaban J connectivity index is 1.71. The van der Waals surface area contributed by atoms with E-state index in [9.17, 15) is 9.59 Å². The Bertz CT molecular complexity index is 1340. The molecule has 212 valence electrons. The van der Waals surface area contributed by atoms with Crippen LogP contribution in [0.3, 0.4) is 0 Å². The molecule has 2 amide bonds. The van der Waals surface area contributed by atoms with Gasteiger partial charge in [-0.1, -0.05) is 60.5 Å². The van der Waals surface area contributed by atoms with E-state index in [-0.39, 0.29) is 11.4 Å². The average Bonchev–Trinajstić information content (AvgIpc) is 2.93. The molecular formula is C29H30BrCl2N3O5. The topological polar surface area (TPSA) is 98.2 Å². The fraction of sp³-hybridized carbons (Fsp3) is 0.276. The van der Waals surface area contributed by atoms with E-state index >= 15 is 0 Å². The Hall–Kier alpha value is -3.27.